The molecule has 148 valence electrons. The van der Waals surface area contributed by atoms with Crippen molar-refractivity contribution in [2.75, 3.05) is 32.6 Å². The molecule has 0 aromatic heterocycles. The smallest absolute Gasteiger partial charge is 0.255 e. The molecule has 0 heterocycles. The van der Waals surface area contributed by atoms with E-state index in [1.807, 2.05) is 19.9 Å². The van der Waals surface area contributed by atoms with Crippen LogP contribution in [-0.4, -0.2) is 44.0 Å². The summed E-state index contributed by atoms with van der Waals surface area (Å²) in [5, 5.41) is 2.79. The highest BCUT2D eigenvalue weighted by Crippen LogP contribution is 2.28. The van der Waals surface area contributed by atoms with Gasteiger partial charge in [-0.25, -0.2) is 0 Å². The second-order valence-electron chi connectivity index (χ2n) is 5.96. The first-order valence-corrected chi connectivity index (χ1v) is 9.13. The minimum atomic E-state index is -0.324. The van der Waals surface area contributed by atoms with Crippen LogP contribution in [0.25, 0.3) is 6.08 Å². The Morgan fingerprint density at radius 2 is 1.68 bits per heavy atom. The Hall–Kier alpha value is -3.28. The van der Waals surface area contributed by atoms with Gasteiger partial charge in [0.1, 0.15) is 0 Å². The van der Waals surface area contributed by atoms with Crippen molar-refractivity contribution >= 4 is 23.6 Å². The first kappa shape index (κ1) is 21.0. The minimum absolute atomic E-state index is 0.107. The van der Waals surface area contributed by atoms with Gasteiger partial charge in [-0.05, 0) is 49.8 Å². The molecule has 0 fully saturated rings. The van der Waals surface area contributed by atoms with Crippen LogP contribution in [-0.2, 0) is 4.79 Å². The van der Waals surface area contributed by atoms with Gasteiger partial charge >= 0.3 is 0 Å². The summed E-state index contributed by atoms with van der Waals surface area (Å²) in [7, 11) is 3.12. The van der Waals surface area contributed by atoms with Crippen molar-refractivity contribution < 1.29 is 19.1 Å². The van der Waals surface area contributed by atoms with Gasteiger partial charge in [-0.15, -0.1) is 0 Å². The highest BCUT2D eigenvalue weighted by molar-refractivity contribution is 6.07. The topological polar surface area (TPSA) is 67.9 Å². The zero-order valence-corrected chi connectivity index (χ0v) is 16.7. The quantitative estimate of drug-likeness (QED) is 0.705. The normalized spacial score (nSPS) is 10.6. The number of anilines is 1. The van der Waals surface area contributed by atoms with E-state index in [1.54, 1.807) is 61.6 Å². The molecule has 0 aliphatic rings. The van der Waals surface area contributed by atoms with Crippen molar-refractivity contribution in [2.24, 2.45) is 0 Å². The lowest BCUT2D eigenvalue weighted by Crippen LogP contribution is -2.31. The average Bonchev–Trinajstić information content (AvgIpc) is 2.73. The summed E-state index contributed by atoms with van der Waals surface area (Å²) in [5.41, 5.74) is 1.75. The second-order valence-corrected chi connectivity index (χ2v) is 5.96. The second kappa shape index (κ2) is 10.2. The molecule has 0 saturated carbocycles. The number of para-hydroxylation sites is 1. The summed E-state index contributed by atoms with van der Waals surface area (Å²) in [6.07, 6.45) is 3.09. The van der Waals surface area contributed by atoms with Crippen LogP contribution in [0, 0.1) is 0 Å². The molecule has 28 heavy (non-hydrogen) atoms. The lowest BCUT2D eigenvalue weighted by molar-refractivity contribution is -0.111. The summed E-state index contributed by atoms with van der Waals surface area (Å²) < 4.78 is 10.5. The van der Waals surface area contributed by atoms with Crippen molar-refractivity contribution in [3.05, 3.63) is 59.7 Å². The molecule has 0 spiro atoms. The van der Waals surface area contributed by atoms with Gasteiger partial charge in [-0.1, -0.05) is 18.2 Å². The predicted octanol–water partition coefficient (Wildman–Crippen LogP) is 3.84. The summed E-state index contributed by atoms with van der Waals surface area (Å²) in [5.74, 6) is 0.771. The van der Waals surface area contributed by atoms with E-state index in [-0.39, 0.29) is 11.8 Å². The number of methoxy groups -OCH3 is 2. The van der Waals surface area contributed by atoms with Gasteiger partial charge in [-0.3, -0.25) is 9.59 Å². The molecule has 0 radical (unpaired) electrons. The zero-order chi connectivity index (χ0) is 20.5. The Morgan fingerprint density at radius 1 is 1.00 bits per heavy atom. The molecule has 1 N–H and O–H groups in total. The molecule has 0 atom stereocenters. The number of carbonyl (C=O) groups is 2. The van der Waals surface area contributed by atoms with Crippen molar-refractivity contribution in [1.82, 2.24) is 4.90 Å². The Morgan fingerprint density at radius 3 is 2.32 bits per heavy atom. The molecule has 2 rings (SSSR count). The number of hydrogen-bond acceptors (Lipinski definition) is 4. The third-order valence-corrected chi connectivity index (χ3v) is 4.30. The monoisotopic (exact) mass is 382 g/mol. The summed E-state index contributed by atoms with van der Waals surface area (Å²) in [6, 6.07) is 12.4. The maximum atomic E-state index is 12.7. The Bertz CT molecular complexity index is 857. The summed E-state index contributed by atoms with van der Waals surface area (Å²) in [4.78, 5) is 26.7. The standard InChI is InChI=1S/C22H26N2O4/c1-5-24(6-2)22(26)17-9-7-8-10-18(17)23-21(25)14-12-16-11-13-19(27-3)20(15-16)28-4/h7-15H,5-6H2,1-4H3,(H,23,25)/b14-12+. The van der Waals surface area contributed by atoms with Crippen LogP contribution in [0.1, 0.15) is 29.8 Å². The molecular formula is C22H26N2O4. The highest BCUT2D eigenvalue weighted by Gasteiger charge is 2.16. The Balaban J connectivity index is 2.16. The SMILES string of the molecule is CCN(CC)C(=O)c1ccccc1NC(=O)/C=C/c1ccc(OC)c(OC)c1. The molecule has 2 amide bonds. The van der Waals surface area contributed by atoms with E-state index in [0.29, 0.717) is 35.8 Å². The number of nitrogens with zero attached hydrogens (tertiary/aromatic N) is 1. The maximum Gasteiger partial charge on any atom is 0.255 e. The Labute approximate surface area is 165 Å². The lowest BCUT2D eigenvalue weighted by atomic mass is 10.1. The van der Waals surface area contributed by atoms with E-state index in [0.717, 1.165) is 5.56 Å². The fourth-order valence-corrected chi connectivity index (χ4v) is 2.76. The fraction of sp³-hybridized carbons (Fsp3) is 0.273. The molecule has 0 unspecified atom stereocenters. The van der Waals surface area contributed by atoms with Crippen LogP contribution in [0.5, 0.6) is 11.5 Å². The third kappa shape index (κ3) is 5.13. The number of rotatable bonds is 8. The van der Waals surface area contributed by atoms with Crippen LogP contribution in [0.15, 0.2) is 48.5 Å². The highest BCUT2D eigenvalue weighted by atomic mass is 16.5. The molecule has 0 bridgehead atoms. The van der Waals surface area contributed by atoms with E-state index in [2.05, 4.69) is 5.32 Å². The minimum Gasteiger partial charge on any atom is -0.493 e. The van der Waals surface area contributed by atoms with Crippen molar-refractivity contribution in [3.8, 4) is 11.5 Å². The van der Waals surface area contributed by atoms with Gasteiger partial charge < -0.3 is 19.7 Å². The Kier molecular flexibility index (Phi) is 7.63. The van der Waals surface area contributed by atoms with Crippen LogP contribution in [0.3, 0.4) is 0 Å². The molecular weight excluding hydrogens is 356 g/mol. The van der Waals surface area contributed by atoms with E-state index >= 15 is 0 Å². The molecule has 6 nitrogen and oxygen atoms in total. The van der Waals surface area contributed by atoms with Gasteiger partial charge in [0.05, 0.1) is 25.5 Å². The number of nitrogens with one attached hydrogen (secondary N) is 1. The van der Waals surface area contributed by atoms with Gasteiger partial charge in [0, 0.05) is 19.2 Å². The number of hydrogen-bond donors (Lipinski definition) is 1. The first-order valence-electron chi connectivity index (χ1n) is 9.13. The molecule has 0 aliphatic heterocycles. The van der Waals surface area contributed by atoms with Crippen molar-refractivity contribution in [3.63, 3.8) is 0 Å². The largest absolute Gasteiger partial charge is 0.493 e. The van der Waals surface area contributed by atoms with Gasteiger partial charge in [-0.2, -0.15) is 0 Å². The fourth-order valence-electron chi connectivity index (χ4n) is 2.76. The number of ether oxygens (including phenoxy) is 2. The summed E-state index contributed by atoms with van der Waals surface area (Å²) >= 11 is 0. The van der Waals surface area contributed by atoms with E-state index in [1.165, 1.54) is 6.08 Å². The van der Waals surface area contributed by atoms with Crippen LogP contribution >= 0.6 is 0 Å². The summed E-state index contributed by atoms with van der Waals surface area (Å²) in [6.45, 7) is 5.07. The van der Waals surface area contributed by atoms with E-state index in [9.17, 15) is 9.59 Å². The molecule has 2 aromatic rings. The molecule has 6 heteroatoms. The predicted molar refractivity (Wildman–Crippen MR) is 111 cm³/mol. The average molecular weight is 382 g/mol. The van der Waals surface area contributed by atoms with Gasteiger partial charge in [0.15, 0.2) is 11.5 Å². The number of amides is 2. The molecule has 2 aromatic carbocycles. The van der Waals surface area contributed by atoms with Crippen molar-refractivity contribution in [2.45, 2.75) is 13.8 Å². The van der Waals surface area contributed by atoms with Crippen molar-refractivity contribution in [1.29, 1.82) is 0 Å². The van der Waals surface area contributed by atoms with Gasteiger partial charge in [0.25, 0.3) is 5.91 Å². The number of carbonyl (C=O) groups excluding carboxylic acids is 2. The first-order chi connectivity index (χ1) is 13.5. The third-order valence-electron chi connectivity index (χ3n) is 4.30. The van der Waals surface area contributed by atoms with Gasteiger partial charge in [0.2, 0.25) is 5.91 Å². The van der Waals surface area contributed by atoms with Crippen LogP contribution in [0.2, 0.25) is 0 Å². The van der Waals surface area contributed by atoms with E-state index < -0.39 is 0 Å². The lowest BCUT2D eigenvalue weighted by Gasteiger charge is -2.20. The maximum absolute atomic E-state index is 12.7. The number of benzene rings is 2. The zero-order valence-electron chi connectivity index (χ0n) is 16.7. The van der Waals surface area contributed by atoms with Crippen LogP contribution < -0.4 is 14.8 Å². The van der Waals surface area contributed by atoms with E-state index in [4.69, 9.17) is 9.47 Å². The molecule has 0 saturated heterocycles. The molecule has 0 aliphatic carbocycles. The van der Waals surface area contributed by atoms with Crippen LogP contribution in [0.4, 0.5) is 5.69 Å².